The highest BCUT2D eigenvalue weighted by Crippen LogP contribution is 2.32. The largest absolute Gasteiger partial charge is 0.731 e. The van der Waals surface area contributed by atoms with Crippen molar-refractivity contribution in [2.75, 3.05) is 18.9 Å². The van der Waals surface area contributed by atoms with Crippen LogP contribution in [-0.4, -0.2) is 50.2 Å². The van der Waals surface area contributed by atoms with Gasteiger partial charge in [0.1, 0.15) is 0 Å². The Morgan fingerprint density at radius 3 is 1.66 bits per heavy atom. The van der Waals surface area contributed by atoms with Crippen LogP contribution in [0.5, 0.6) is 0 Å². The van der Waals surface area contributed by atoms with Gasteiger partial charge in [-0.05, 0) is 48.2 Å². The van der Waals surface area contributed by atoms with E-state index in [1.54, 1.807) is 4.72 Å². The number of anilines is 1. The van der Waals surface area contributed by atoms with Gasteiger partial charge in [0.05, 0.1) is 19.8 Å². The van der Waals surface area contributed by atoms with E-state index in [1.165, 1.54) is 48.5 Å². The number of hydrogen-bond acceptors (Lipinski definition) is 8. The zero-order valence-electron chi connectivity index (χ0n) is 17.7. The van der Waals surface area contributed by atoms with Crippen LogP contribution < -0.4 is 10.9 Å². The van der Waals surface area contributed by atoms with E-state index in [0.29, 0.717) is 11.1 Å². The number of benzene rings is 2. The van der Waals surface area contributed by atoms with Gasteiger partial charge >= 0.3 is 17.9 Å². The minimum atomic E-state index is -4.70. The fourth-order valence-corrected chi connectivity index (χ4v) is 3.55. The maximum atomic E-state index is 12.7. The molecule has 0 saturated heterocycles. The van der Waals surface area contributed by atoms with E-state index in [-0.39, 0.29) is 30.2 Å². The van der Waals surface area contributed by atoms with Crippen molar-refractivity contribution in [1.82, 2.24) is 6.15 Å². The second kappa shape index (κ2) is 10.7. The van der Waals surface area contributed by atoms with Crippen LogP contribution in [-0.2, 0) is 42.2 Å². The third-order valence-electron chi connectivity index (χ3n) is 4.56. The zero-order chi connectivity index (χ0) is 23.2. The molecule has 0 unspecified atom stereocenters. The number of quaternary nitrogens is 1. The first kappa shape index (κ1) is 26.6. The Morgan fingerprint density at radius 2 is 1.31 bits per heavy atom. The lowest BCUT2D eigenvalue weighted by Gasteiger charge is -2.28. The van der Waals surface area contributed by atoms with Gasteiger partial charge in [-0.1, -0.05) is 24.3 Å². The van der Waals surface area contributed by atoms with Gasteiger partial charge in [0.2, 0.25) is 0 Å². The number of esters is 2. The maximum absolute atomic E-state index is 12.7. The average Bonchev–Trinajstić information content (AvgIpc) is 2.72. The molecule has 2 aromatic rings. The number of nitrogens with one attached hydrogen (secondary N) is 1. The van der Waals surface area contributed by atoms with Crippen molar-refractivity contribution in [2.24, 2.45) is 5.41 Å². The lowest BCUT2D eigenvalue weighted by atomic mass is 9.76. The number of ether oxygens (including phenoxy) is 2. The molecule has 0 spiro atoms. The normalized spacial score (nSPS) is 11.1. The predicted octanol–water partition coefficient (Wildman–Crippen LogP) is 1.75. The van der Waals surface area contributed by atoms with Gasteiger partial charge in [-0.25, -0.2) is 13.2 Å². The molecule has 2 aromatic carbocycles. The summed E-state index contributed by atoms with van der Waals surface area (Å²) in [5, 5.41) is 9.04. The van der Waals surface area contributed by atoms with E-state index in [1.807, 2.05) is 0 Å². The highest BCUT2D eigenvalue weighted by Gasteiger charge is 2.48. The maximum Gasteiger partial charge on any atom is 0.335 e. The summed E-state index contributed by atoms with van der Waals surface area (Å²) in [7, 11) is -2.45. The molecule has 12 heteroatoms. The Balaban J connectivity index is 0.00000512. The molecular formula is C20H24N2O9S. The molecule has 174 valence electrons. The summed E-state index contributed by atoms with van der Waals surface area (Å²) < 4.78 is 44.0. The van der Waals surface area contributed by atoms with E-state index in [0.717, 1.165) is 14.2 Å². The molecule has 0 aliphatic heterocycles. The molecule has 0 aromatic heterocycles. The fraction of sp³-hybridized carbons (Fsp3) is 0.250. The molecular weight excluding hydrogens is 444 g/mol. The van der Waals surface area contributed by atoms with Gasteiger partial charge < -0.3 is 25.3 Å². The van der Waals surface area contributed by atoms with E-state index >= 15 is 0 Å². The SMILES string of the molecule is COC(=O)C(Cc1ccc(NS(=O)(=O)[O-])cc1)(Cc1ccc(C(=O)O)cc1)C(=O)OC.[NH4+]. The summed E-state index contributed by atoms with van der Waals surface area (Å²) in [5.74, 6) is -2.83. The number of methoxy groups -OCH3 is 2. The van der Waals surface area contributed by atoms with E-state index in [9.17, 15) is 27.4 Å². The average molecular weight is 468 g/mol. The van der Waals surface area contributed by atoms with E-state index in [4.69, 9.17) is 14.6 Å². The van der Waals surface area contributed by atoms with E-state index in [2.05, 4.69) is 0 Å². The van der Waals surface area contributed by atoms with Crippen molar-refractivity contribution in [2.45, 2.75) is 12.8 Å². The third-order valence-corrected chi connectivity index (χ3v) is 5.05. The molecule has 0 saturated carbocycles. The number of hydrogen-bond donors (Lipinski definition) is 3. The summed E-state index contributed by atoms with van der Waals surface area (Å²) >= 11 is 0. The first-order chi connectivity index (χ1) is 14.5. The van der Waals surface area contributed by atoms with Crippen LogP contribution >= 0.6 is 0 Å². The first-order valence-electron chi connectivity index (χ1n) is 8.82. The van der Waals surface area contributed by atoms with Gasteiger partial charge in [0, 0.05) is 5.69 Å². The number of aromatic carboxylic acids is 1. The van der Waals surface area contributed by atoms with E-state index < -0.39 is 33.6 Å². The monoisotopic (exact) mass is 468 g/mol. The van der Waals surface area contributed by atoms with Crippen molar-refractivity contribution < 1.29 is 41.9 Å². The fourth-order valence-electron chi connectivity index (χ4n) is 3.12. The van der Waals surface area contributed by atoms with Gasteiger partial charge in [0.15, 0.2) is 15.7 Å². The number of carboxylic acid groups (broad SMARTS) is 1. The number of carboxylic acids is 1. The highest BCUT2D eigenvalue weighted by atomic mass is 32.2. The van der Waals surface area contributed by atoms with Crippen LogP contribution in [0.15, 0.2) is 48.5 Å². The van der Waals surface area contributed by atoms with Gasteiger partial charge in [0.25, 0.3) is 0 Å². The molecule has 0 bridgehead atoms. The van der Waals surface area contributed by atoms with Crippen molar-refractivity contribution >= 4 is 33.9 Å². The molecule has 6 N–H and O–H groups in total. The van der Waals surface area contributed by atoms with Gasteiger partial charge in [-0.3, -0.25) is 14.3 Å². The summed E-state index contributed by atoms with van der Waals surface area (Å²) in [6, 6.07) is 11.2. The zero-order valence-corrected chi connectivity index (χ0v) is 18.5. The first-order valence-corrected chi connectivity index (χ1v) is 10.2. The molecule has 0 amide bonds. The standard InChI is InChI=1S/C20H21NO9S.H3N/c1-29-18(24)20(19(25)30-2,11-13-3-7-15(8-4-13)17(22)23)12-14-5-9-16(10-6-14)21-31(26,27)28;/h3-10,21H,11-12H2,1-2H3,(H,22,23)(H,26,27,28);1H3. The minimum absolute atomic E-state index is 0. The molecule has 0 radical (unpaired) electrons. The van der Waals surface area contributed by atoms with Crippen LogP contribution in [0.25, 0.3) is 0 Å². The predicted molar refractivity (Wildman–Crippen MR) is 113 cm³/mol. The number of carbonyl (C=O) groups excluding carboxylic acids is 2. The van der Waals surface area contributed by atoms with Crippen LogP contribution in [0, 0.1) is 5.41 Å². The summed E-state index contributed by atoms with van der Waals surface area (Å²) in [6.45, 7) is 0. The van der Waals surface area contributed by atoms with Crippen molar-refractivity contribution in [3.05, 3.63) is 65.2 Å². The molecule has 2 rings (SSSR count). The molecule has 0 fully saturated rings. The Kier molecular flexibility index (Phi) is 8.88. The lowest BCUT2D eigenvalue weighted by molar-refractivity contribution is -0.169. The molecule has 0 aliphatic rings. The minimum Gasteiger partial charge on any atom is -0.731 e. The molecule has 0 heterocycles. The molecule has 0 atom stereocenters. The van der Waals surface area contributed by atoms with Crippen molar-refractivity contribution in [3.63, 3.8) is 0 Å². The second-order valence-corrected chi connectivity index (χ2v) is 7.79. The molecule has 11 nitrogen and oxygen atoms in total. The van der Waals surface area contributed by atoms with Crippen molar-refractivity contribution in [3.8, 4) is 0 Å². The van der Waals surface area contributed by atoms with Crippen LogP contribution in [0.3, 0.4) is 0 Å². The second-order valence-electron chi connectivity index (χ2n) is 6.67. The summed E-state index contributed by atoms with van der Waals surface area (Å²) in [6.07, 6.45) is -0.293. The molecule has 32 heavy (non-hydrogen) atoms. The van der Waals surface area contributed by atoms with Gasteiger partial charge in [-0.15, -0.1) is 0 Å². The Bertz CT molecular complexity index is 1050. The Hall–Kier alpha value is -3.48. The third kappa shape index (κ3) is 6.51. The topological polar surface area (TPSA) is 196 Å². The summed E-state index contributed by atoms with van der Waals surface area (Å²) in [4.78, 5) is 36.5. The summed E-state index contributed by atoms with van der Waals surface area (Å²) in [5.41, 5.74) is -0.761. The van der Waals surface area contributed by atoms with Crippen LogP contribution in [0.4, 0.5) is 5.69 Å². The quantitative estimate of drug-likeness (QED) is 0.279. The smallest absolute Gasteiger partial charge is 0.335 e. The number of carbonyl (C=O) groups is 3. The Labute approximate surface area is 184 Å². The molecule has 0 aliphatic carbocycles. The Morgan fingerprint density at radius 1 is 0.906 bits per heavy atom. The number of rotatable bonds is 9. The van der Waals surface area contributed by atoms with Crippen LogP contribution in [0.2, 0.25) is 0 Å². The highest BCUT2D eigenvalue weighted by molar-refractivity contribution is 7.87. The van der Waals surface area contributed by atoms with Crippen LogP contribution in [0.1, 0.15) is 21.5 Å². The van der Waals surface area contributed by atoms with Crippen molar-refractivity contribution in [1.29, 1.82) is 0 Å². The lowest BCUT2D eigenvalue weighted by Crippen LogP contribution is -2.45. The van der Waals surface area contributed by atoms with Gasteiger partial charge in [-0.2, -0.15) is 0 Å².